The van der Waals surface area contributed by atoms with Gasteiger partial charge in [0.05, 0.1) is 0 Å². The summed E-state index contributed by atoms with van der Waals surface area (Å²) < 4.78 is 16.3. The van der Waals surface area contributed by atoms with E-state index in [1.54, 1.807) is 48.5 Å². The molecule has 2 radical (unpaired) electrons. The Labute approximate surface area is 174 Å². The van der Waals surface area contributed by atoms with Crippen LogP contribution in [0.2, 0.25) is 0 Å². The molecular weight excluding hydrogens is 366 g/mol. The van der Waals surface area contributed by atoms with Gasteiger partial charge in [0.1, 0.15) is 22.7 Å². The first-order valence-corrected chi connectivity index (χ1v) is 9.43. The second-order valence-corrected chi connectivity index (χ2v) is 8.60. The molecule has 0 bridgehead atoms. The summed E-state index contributed by atoms with van der Waals surface area (Å²) in [4.78, 5) is 23.9. The summed E-state index contributed by atoms with van der Waals surface area (Å²) in [7, 11) is 2.51. The molecule has 0 fully saturated rings. The Kier molecular flexibility index (Phi) is 7.17. The van der Waals surface area contributed by atoms with Gasteiger partial charge in [-0.05, 0) is 65.8 Å². The molecule has 0 N–H and O–H groups in total. The minimum absolute atomic E-state index is 0.302. The van der Waals surface area contributed by atoms with E-state index in [4.69, 9.17) is 14.2 Å². The summed E-state index contributed by atoms with van der Waals surface area (Å²) in [5, 5.41) is 0. The average molecular weight is 392 g/mol. The molecule has 0 saturated carbocycles. The second-order valence-electron chi connectivity index (χ2n) is 8.60. The Bertz CT molecular complexity index is 760. The standard InChI is InChI=1S/C22H26B2O5/c1-21(2,3)28-17-11-7-15(8-12-17)23-19(25)27-20(26)24-16-9-13-18(14-10-16)29-22(4,5)6/h7-14H,1-6H3. The van der Waals surface area contributed by atoms with Crippen LogP contribution in [0.15, 0.2) is 48.5 Å². The molecule has 2 rings (SSSR count). The number of hydrogen-bond donors (Lipinski definition) is 0. The highest BCUT2D eigenvalue weighted by Crippen LogP contribution is 2.17. The van der Waals surface area contributed by atoms with E-state index in [2.05, 4.69) is 0 Å². The molecule has 0 aliphatic rings. The predicted molar refractivity (Wildman–Crippen MR) is 116 cm³/mol. The highest BCUT2D eigenvalue weighted by Gasteiger charge is 2.17. The SMILES string of the molecule is CC(C)(C)Oc1ccc([B]C(=O)OC(=O)[B]c2ccc(OC(C)(C)C)cc2)cc1. The minimum Gasteiger partial charge on any atom is -0.488 e. The van der Waals surface area contributed by atoms with Crippen molar-refractivity contribution in [3.05, 3.63) is 48.5 Å². The Morgan fingerprint density at radius 3 is 1.21 bits per heavy atom. The normalized spacial score (nSPS) is 11.4. The van der Waals surface area contributed by atoms with Gasteiger partial charge in [0.15, 0.2) is 0 Å². The van der Waals surface area contributed by atoms with Gasteiger partial charge in [-0.3, -0.25) is 9.59 Å². The quantitative estimate of drug-likeness (QED) is 0.555. The van der Waals surface area contributed by atoms with Crippen molar-refractivity contribution in [3.63, 3.8) is 0 Å². The zero-order valence-corrected chi connectivity index (χ0v) is 17.8. The molecule has 2 aromatic carbocycles. The second kappa shape index (κ2) is 9.21. The van der Waals surface area contributed by atoms with Crippen LogP contribution in [0, 0.1) is 0 Å². The van der Waals surface area contributed by atoms with Crippen molar-refractivity contribution in [3.8, 4) is 11.5 Å². The van der Waals surface area contributed by atoms with Gasteiger partial charge in [0.25, 0.3) is 26.3 Å². The lowest BCUT2D eigenvalue weighted by Crippen LogP contribution is -2.31. The van der Waals surface area contributed by atoms with Crippen molar-refractivity contribution >= 4 is 37.2 Å². The Balaban J connectivity index is 1.83. The van der Waals surface area contributed by atoms with E-state index in [0.29, 0.717) is 22.4 Å². The van der Waals surface area contributed by atoms with E-state index >= 15 is 0 Å². The maximum Gasteiger partial charge on any atom is 0.300 e. The third kappa shape index (κ3) is 8.90. The van der Waals surface area contributed by atoms with Crippen LogP contribution in [-0.2, 0) is 4.74 Å². The van der Waals surface area contributed by atoms with Crippen LogP contribution in [0.5, 0.6) is 11.5 Å². The van der Waals surface area contributed by atoms with Crippen molar-refractivity contribution in [2.24, 2.45) is 0 Å². The summed E-state index contributed by atoms with van der Waals surface area (Å²) >= 11 is 0. The monoisotopic (exact) mass is 392 g/mol. The van der Waals surface area contributed by atoms with Gasteiger partial charge in [0.2, 0.25) is 0 Å². The maximum atomic E-state index is 12.0. The molecule has 5 nitrogen and oxygen atoms in total. The third-order valence-corrected chi connectivity index (χ3v) is 3.38. The van der Waals surface area contributed by atoms with Crippen LogP contribution in [0.1, 0.15) is 41.5 Å². The largest absolute Gasteiger partial charge is 0.488 e. The molecule has 0 unspecified atom stereocenters. The molecule has 0 atom stereocenters. The molecule has 7 heteroatoms. The van der Waals surface area contributed by atoms with E-state index in [1.807, 2.05) is 41.5 Å². The lowest BCUT2D eigenvalue weighted by molar-refractivity contribution is 0.130. The molecule has 0 heterocycles. The van der Waals surface area contributed by atoms with Crippen molar-refractivity contribution in [1.29, 1.82) is 0 Å². The van der Waals surface area contributed by atoms with Crippen LogP contribution in [0.4, 0.5) is 9.59 Å². The van der Waals surface area contributed by atoms with Crippen molar-refractivity contribution < 1.29 is 23.8 Å². The zero-order chi connectivity index (χ0) is 21.7. The summed E-state index contributed by atoms with van der Waals surface area (Å²) in [6, 6.07) is 14.0. The molecule has 0 aromatic heterocycles. The first-order valence-electron chi connectivity index (χ1n) is 9.43. The highest BCUT2D eigenvalue weighted by atomic mass is 16.6. The number of benzene rings is 2. The highest BCUT2D eigenvalue weighted by molar-refractivity contribution is 6.87. The fraction of sp³-hybridized carbons (Fsp3) is 0.364. The van der Waals surface area contributed by atoms with Gasteiger partial charge < -0.3 is 14.2 Å². The van der Waals surface area contributed by atoms with Gasteiger partial charge in [-0.15, -0.1) is 0 Å². The van der Waals surface area contributed by atoms with Crippen molar-refractivity contribution in [2.45, 2.75) is 52.7 Å². The minimum atomic E-state index is -0.733. The third-order valence-electron chi connectivity index (χ3n) is 3.38. The van der Waals surface area contributed by atoms with E-state index in [1.165, 1.54) is 14.6 Å². The maximum absolute atomic E-state index is 12.0. The summed E-state index contributed by atoms with van der Waals surface area (Å²) in [6.07, 6.45) is 0. The number of ether oxygens (including phenoxy) is 3. The summed E-state index contributed by atoms with van der Waals surface area (Å²) in [6.45, 7) is 11.7. The molecule has 0 spiro atoms. The molecule has 2 aromatic rings. The molecule has 0 aliphatic heterocycles. The molecule has 150 valence electrons. The number of rotatable bonds is 6. The van der Waals surface area contributed by atoms with Gasteiger partial charge in [0, 0.05) is 0 Å². The first kappa shape index (κ1) is 22.6. The Morgan fingerprint density at radius 1 is 0.621 bits per heavy atom. The van der Waals surface area contributed by atoms with Gasteiger partial charge in [-0.1, -0.05) is 35.2 Å². The number of hydrogen-bond acceptors (Lipinski definition) is 5. The summed E-state index contributed by atoms with van der Waals surface area (Å²) in [5.41, 5.74) is 0.632. The fourth-order valence-corrected chi connectivity index (χ4v) is 2.40. The first-order chi connectivity index (χ1) is 13.4. The Hall–Kier alpha value is -2.69. The number of carbonyl (C=O) groups is 2. The lowest BCUT2D eigenvalue weighted by atomic mass is 9.68. The predicted octanol–water partition coefficient (Wildman–Crippen LogP) is 3.66. The summed E-state index contributed by atoms with van der Waals surface area (Å²) in [5.74, 6) is -0.0653. The fourth-order valence-electron chi connectivity index (χ4n) is 2.40. The average Bonchev–Trinajstić information content (AvgIpc) is 2.55. The smallest absolute Gasteiger partial charge is 0.300 e. The Morgan fingerprint density at radius 2 is 0.931 bits per heavy atom. The molecule has 0 amide bonds. The topological polar surface area (TPSA) is 61.8 Å². The molecule has 0 saturated heterocycles. The molecule has 0 aliphatic carbocycles. The van der Waals surface area contributed by atoms with E-state index in [-0.39, 0.29) is 11.2 Å². The van der Waals surface area contributed by atoms with E-state index in [9.17, 15) is 9.59 Å². The van der Waals surface area contributed by atoms with Gasteiger partial charge >= 0.3 is 0 Å². The van der Waals surface area contributed by atoms with Crippen LogP contribution < -0.4 is 20.4 Å². The van der Waals surface area contributed by atoms with E-state index in [0.717, 1.165) is 0 Å². The zero-order valence-electron chi connectivity index (χ0n) is 17.8. The lowest BCUT2D eigenvalue weighted by Gasteiger charge is -2.21. The van der Waals surface area contributed by atoms with Crippen molar-refractivity contribution in [1.82, 2.24) is 0 Å². The van der Waals surface area contributed by atoms with Gasteiger partial charge in [-0.2, -0.15) is 0 Å². The van der Waals surface area contributed by atoms with Crippen LogP contribution in [0.3, 0.4) is 0 Å². The van der Waals surface area contributed by atoms with Crippen LogP contribution >= 0.6 is 0 Å². The number of carbonyl (C=O) groups excluding carboxylic acids is 2. The molecule has 29 heavy (non-hydrogen) atoms. The van der Waals surface area contributed by atoms with Crippen molar-refractivity contribution in [2.75, 3.05) is 0 Å². The van der Waals surface area contributed by atoms with E-state index < -0.39 is 11.7 Å². The van der Waals surface area contributed by atoms with Gasteiger partial charge in [-0.25, -0.2) is 0 Å². The molecular formula is C22H26B2O5. The van der Waals surface area contributed by atoms with Crippen LogP contribution in [-0.4, -0.2) is 37.5 Å². The van der Waals surface area contributed by atoms with Crippen LogP contribution in [0.25, 0.3) is 0 Å².